The van der Waals surface area contributed by atoms with Crippen LogP contribution in [0.5, 0.6) is 5.75 Å². The molecule has 0 unspecified atom stereocenters. The van der Waals surface area contributed by atoms with Crippen molar-refractivity contribution in [1.82, 2.24) is 4.57 Å². The van der Waals surface area contributed by atoms with Crippen LogP contribution in [0.2, 0.25) is 0 Å². The number of aromatic nitrogens is 1. The summed E-state index contributed by atoms with van der Waals surface area (Å²) in [7, 11) is 1.54. The third-order valence-electron chi connectivity index (χ3n) is 3.97. The molecule has 3 rings (SSSR count). The van der Waals surface area contributed by atoms with Crippen molar-refractivity contribution in [3.63, 3.8) is 0 Å². The van der Waals surface area contributed by atoms with Gasteiger partial charge in [-0.2, -0.15) is 13.2 Å². The Balaban J connectivity index is 2.20. The van der Waals surface area contributed by atoms with Gasteiger partial charge in [0.1, 0.15) is 11.3 Å². The summed E-state index contributed by atoms with van der Waals surface area (Å²) in [5.41, 5.74) is 1.29. The topological polar surface area (TPSA) is 14.2 Å². The van der Waals surface area contributed by atoms with Crippen molar-refractivity contribution in [2.75, 3.05) is 7.11 Å². The third kappa shape index (κ3) is 3.69. The van der Waals surface area contributed by atoms with Crippen LogP contribution < -0.4 is 4.74 Å². The summed E-state index contributed by atoms with van der Waals surface area (Å²) in [5, 5.41) is 0. The van der Waals surface area contributed by atoms with Gasteiger partial charge in [0, 0.05) is 6.54 Å². The highest BCUT2D eigenvalue weighted by molar-refractivity contribution is 9.11. The molecule has 0 atom stereocenters. The molecule has 2 nitrogen and oxygen atoms in total. The molecule has 136 valence electrons. The highest BCUT2D eigenvalue weighted by Gasteiger charge is 2.40. The number of ether oxygens (including phenoxy) is 1. The van der Waals surface area contributed by atoms with Crippen LogP contribution in [-0.2, 0) is 12.7 Å². The highest BCUT2D eigenvalue weighted by atomic mass is 79.9. The molecule has 0 aliphatic rings. The van der Waals surface area contributed by atoms with E-state index in [0.29, 0.717) is 23.6 Å². The van der Waals surface area contributed by atoms with Gasteiger partial charge in [0.05, 0.1) is 21.9 Å². The van der Waals surface area contributed by atoms with E-state index in [-0.39, 0.29) is 9.08 Å². The Morgan fingerprint density at radius 2 is 1.58 bits per heavy atom. The maximum absolute atomic E-state index is 13.6. The number of methoxy groups -OCH3 is 1. The molecule has 0 bridgehead atoms. The predicted molar refractivity (Wildman–Crippen MR) is 102 cm³/mol. The fraction of sp³-hybridized carbons (Fsp3) is 0.158. The van der Waals surface area contributed by atoms with Crippen molar-refractivity contribution in [3.8, 4) is 17.0 Å². The fourth-order valence-electron chi connectivity index (χ4n) is 2.75. The van der Waals surface area contributed by atoms with Crippen LogP contribution in [0, 0.1) is 0 Å². The Morgan fingerprint density at radius 1 is 0.962 bits per heavy atom. The van der Waals surface area contributed by atoms with Crippen LogP contribution >= 0.6 is 31.9 Å². The number of alkyl halides is 3. The van der Waals surface area contributed by atoms with E-state index >= 15 is 0 Å². The van der Waals surface area contributed by atoms with E-state index in [2.05, 4.69) is 31.9 Å². The number of hydrogen-bond acceptors (Lipinski definition) is 1. The molecule has 0 radical (unpaired) electrons. The molecule has 3 aromatic rings. The normalized spacial score (nSPS) is 11.6. The second kappa shape index (κ2) is 7.48. The van der Waals surface area contributed by atoms with Crippen molar-refractivity contribution in [1.29, 1.82) is 0 Å². The summed E-state index contributed by atoms with van der Waals surface area (Å²) in [4.78, 5) is 0. The number of rotatable bonds is 4. The van der Waals surface area contributed by atoms with Gasteiger partial charge in [0.15, 0.2) is 0 Å². The largest absolute Gasteiger partial charge is 0.497 e. The molecule has 7 heteroatoms. The van der Waals surface area contributed by atoms with Gasteiger partial charge in [-0.1, -0.05) is 30.3 Å². The van der Waals surface area contributed by atoms with E-state index in [4.69, 9.17) is 4.74 Å². The zero-order chi connectivity index (χ0) is 18.9. The van der Waals surface area contributed by atoms with Crippen molar-refractivity contribution in [2.45, 2.75) is 12.7 Å². The molecule has 0 amide bonds. The molecule has 0 aliphatic heterocycles. The lowest BCUT2D eigenvalue weighted by molar-refractivity contribution is -0.138. The van der Waals surface area contributed by atoms with Crippen LogP contribution in [0.15, 0.2) is 63.7 Å². The fourth-order valence-corrected chi connectivity index (χ4v) is 4.60. The quantitative estimate of drug-likeness (QED) is 0.396. The summed E-state index contributed by atoms with van der Waals surface area (Å²) in [6, 6.07) is 16.3. The number of halogens is 5. The van der Waals surface area contributed by atoms with Gasteiger partial charge in [-0.15, -0.1) is 0 Å². The average molecular weight is 489 g/mol. The first-order valence-corrected chi connectivity index (χ1v) is 9.24. The molecule has 0 aliphatic carbocycles. The number of hydrogen-bond donors (Lipinski definition) is 0. The van der Waals surface area contributed by atoms with Crippen LogP contribution in [0.25, 0.3) is 11.3 Å². The van der Waals surface area contributed by atoms with Crippen LogP contribution in [0.3, 0.4) is 0 Å². The van der Waals surface area contributed by atoms with E-state index in [1.165, 1.54) is 0 Å². The summed E-state index contributed by atoms with van der Waals surface area (Å²) in [6.45, 7) is 0.303. The lowest BCUT2D eigenvalue weighted by Gasteiger charge is -2.12. The van der Waals surface area contributed by atoms with Crippen molar-refractivity contribution < 1.29 is 17.9 Å². The first-order valence-electron chi connectivity index (χ1n) is 7.66. The highest BCUT2D eigenvalue weighted by Crippen LogP contribution is 2.47. The molecule has 0 saturated heterocycles. The van der Waals surface area contributed by atoms with Crippen molar-refractivity contribution in [3.05, 3.63) is 74.8 Å². The molecule has 1 aromatic heterocycles. The number of nitrogens with zero attached hydrogens (tertiary/aromatic N) is 1. The van der Waals surface area contributed by atoms with Crippen molar-refractivity contribution in [2.24, 2.45) is 0 Å². The minimum Gasteiger partial charge on any atom is -0.497 e. The smallest absolute Gasteiger partial charge is 0.420 e. The van der Waals surface area contributed by atoms with E-state index in [1.807, 2.05) is 30.3 Å². The third-order valence-corrected chi connectivity index (χ3v) is 5.57. The summed E-state index contributed by atoms with van der Waals surface area (Å²) >= 11 is 6.33. The molecule has 0 spiro atoms. The van der Waals surface area contributed by atoms with Crippen LogP contribution in [-0.4, -0.2) is 11.7 Å². The standard InChI is InChI=1S/C19H14Br2F3NO/c1-26-14-9-7-13(8-10-14)17-16(20)15(19(22,23)24)18(21)25(17)11-12-5-3-2-4-6-12/h2-10H,11H2,1H3. The van der Waals surface area contributed by atoms with E-state index in [0.717, 1.165) is 5.56 Å². The van der Waals surface area contributed by atoms with E-state index < -0.39 is 11.7 Å². The molecular weight excluding hydrogens is 475 g/mol. The molecule has 0 fully saturated rings. The molecule has 1 heterocycles. The van der Waals surface area contributed by atoms with Gasteiger partial charge in [0.25, 0.3) is 0 Å². The van der Waals surface area contributed by atoms with Gasteiger partial charge in [-0.3, -0.25) is 0 Å². The van der Waals surface area contributed by atoms with Gasteiger partial charge in [0.2, 0.25) is 0 Å². The summed E-state index contributed by atoms with van der Waals surface area (Å²) < 4.78 is 47.5. The second-order valence-electron chi connectivity index (χ2n) is 5.63. The van der Waals surface area contributed by atoms with E-state index in [9.17, 15) is 13.2 Å². The lowest BCUT2D eigenvalue weighted by Crippen LogP contribution is -2.07. The SMILES string of the molecule is COc1ccc(-c2c(Br)c(C(F)(F)F)c(Br)n2Cc2ccccc2)cc1. The minimum atomic E-state index is -4.49. The van der Waals surface area contributed by atoms with E-state index in [1.54, 1.807) is 35.9 Å². The van der Waals surface area contributed by atoms with Gasteiger partial charge < -0.3 is 9.30 Å². The van der Waals surface area contributed by atoms with Gasteiger partial charge in [-0.05, 0) is 67.3 Å². The molecule has 0 saturated carbocycles. The first kappa shape index (κ1) is 19.0. The van der Waals surface area contributed by atoms with Gasteiger partial charge >= 0.3 is 6.18 Å². The van der Waals surface area contributed by atoms with Crippen LogP contribution in [0.1, 0.15) is 11.1 Å². The second-order valence-corrected chi connectivity index (χ2v) is 7.17. The van der Waals surface area contributed by atoms with Crippen LogP contribution in [0.4, 0.5) is 13.2 Å². The number of benzene rings is 2. The predicted octanol–water partition coefficient (Wildman–Crippen LogP) is 6.76. The monoisotopic (exact) mass is 487 g/mol. The minimum absolute atomic E-state index is 0.00783. The zero-order valence-corrected chi connectivity index (χ0v) is 16.8. The molecule has 26 heavy (non-hydrogen) atoms. The molecule has 2 aromatic carbocycles. The Hall–Kier alpha value is -1.73. The summed E-state index contributed by atoms with van der Waals surface area (Å²) in [5.74, 6) is 0.640. The zero-order valence-electron chi connectivity index (χ0n) is 13.6. The molecule has 0 N–H and O–H groups in total. The van der Waals surface area contributed by atoms with Gasteiger partial charge in [-0.25, -0.2) is 0 Å². The Labute approximate surface area is 165 Å². The first-order chi connectivity index (χ1) is 12.3. The molecular formula is C19H14Br2F3NO. The Morgan fingerprint density at radius 3 is 2.12 bits per heavy atom. The average Bonchev–Trinajstić information content (AvgIpc) is 2.86. The lowest BCUT2D eigenvalue weighted by atomic mass is 10.1. The summed E-state index contributed by atoms with van der Waals surface area (Å²) in [6.07, 6.45) is -4.49. The van der Waals surface area contributed by atoms with Crippen molar-refractivity contribution >= 4 is 31.9 Å². The Kier molecular flexibility index (Phi) is 5.48. The maximum atomic E-state index is 13.6. The Bertz CT molecular complexity index is 903. The maximum Gasteiger partial charge on any atom is 0.420 e.